The van der Waals surface area contributed by atoms with Crippen molar-refractivity contribution in [1.82, 2.24) is 15.1 Å². The van der Waals surface area contributed by atoms with Crippen molar-refractivity contribution in [3.8, 4) is 11.5 Å². The number of rotatable bonds is 15. The Morgan fingerprint density at radius 1 is 1.05 bits per heavy atom. The summed E-state index contributed by atoms with van der Waals surface area (Å²) in [6.45, 7) is 8.15. The van der Waals surface area contributed by atoms with Crippen LogP contribution in [0, 0.1) is 11.8 Å². The Kier molecular flexibility index (Phi) is 10.3. The molecule has 2 fully saturated rings. The van der Waals surface area contributed by atoms with Gasteiger partial charge in [-0.25, -0.2) is 0 Å². The standard InChI is InChI=1S/C30H43N3O6/c1-21(2)32(30(35)22-8-11-27(37-4)28(15-22)39-14-6-12-36-3)19-23-17-31-18-24(23)20-33(25-9-10-25)29(34)16-26-7-5-13-38-26/h5,7-8,11,13,15,21,23-25,31H,6,9-10,12,14,16-20H2,1-4H3/t23-,24-/m0/s1. The predicted octanol–water partition coefficient (Wildman–Crippen LogP) is 3.62. The van der Waals surface area contributed by atoms with Gasteiger partial charge in [-0.3, -0.25) is 9.59 Å². The highest BCUT2D eigenvalue weighted by Crippen LogP contribution is 2.32. The zero-order chi connectivity index (χ0) is 27.8. The van der Waals surface area contributed by atoms with Gasteiger partial charge >= 0.3 is 0 Å². The maximum atomic E-state index is 13.7. The molecule has 2 amide bonds. The van der Waals surface area contributed by atoms with E-state index in [0.29, 0.717) is 55.2 Å². The minimum absolute atomic E-state index is 0.0204. The second-order valence-corrected chi connectivity index (χ2v) is 10.8. The van der Waals surface area contributed by atoms with E-state index in [1.165, 1.54) is 0 Å². The quantitative estimate of drug-likeness (QED) is 0.344. The fourth-order valence-corrected chi connectivity index (χ4v) is 5.23. The molecule has 2 atom stereocenters. The summed E-state index contributed by atoms with van der Waals surface area (Å²) in [5.74, 6) is 2.45. The van der Waals surface area contributed by atoms with Gasteiger partial charge in [0.1, 0.15) is 5.76 Å². The maximum Gasteiger partial charge on any atom is 0.254 e. The third-order valence-electron chi connectivity index (χ3n) is 7.60. The molecule has 39 heavy (non-hydrogen) atoms. The maximum absolute atomic E-state index is 13.7. The number of carbonyl (C=O) groups excluding carboxylic acids is 2. The molecule has 2 aromatic rings. The largest absolute Gasteiger partial charge is 0.493 e. The predicted molar refractivity (Wildman–Crippen MR) is 148 cm³/mol. The molecule has 9 heteroatoms. The Labute approximate surface area is 231 Å². The average molecular weight is 542 g/mol. The minimum atomic E-state index is -0.0343. The topological polar surface area (TPSA) is 93.5 Å². The van der Waals surface area contributed by atoms with Crippen LogP contribution in [0.3, 0.4) is 0 Å². The van der Waals surface area contributed by atoms with E-state index in [0.717, 1.165) is 32.4 Å². The summed E-state index contributed by atoms with van der Waals surface area (Å²) in [7, 11) is 3.25. The van der Waals surface area contributed by atoms with Crippen LogP contribution in [0.5, 0.6) is 11.5 Å². The molecule has 214 valence electrons. The van der Waals surface area contributed by atoms with Gasteiger partial charge in [-0.05, 0) is 68.9 Å². The zero-order valence-electron chi connectivity index (χ0n) is 23.7. The van der Waals surface area contributed by atoms with Crippen LogP contribution in [0.1, 0.15) is 49.2 Å². The first-order chi connectivity index (χ1) is 18.9. The van der Waals surface area contributed by atoms with Crippen LogP contribution in [-0.2, 0) is 16.0 Å². The van der Waals surface area contributed by atoms with Crippen LogP contribution >= 0.6 is 0 Å². The zero-order valence-corrected chi connectivity index (χ0v) is 23.7. The lowest BCUT2D eigenvalue weighted by molar-refractivity contribution is -0.132. The number of furan rings is 1. The van der Waals surface area contributed by atoms with Crippen molar-refractivity contribution in [3.05, 3.63) is 47.9 Å². The van der Waals surface area contributed by atoms with E-state index >= 15 is 0 Å². The van der Waals surface area contributed by atoms with Crippen molar-refractivity contribution >= 4 is 11.8 Å². The van der Waals surface area contributed by atoms with E-state index in [-0.39, 0.29) is 36.1 Å². The number of nitrogens with one attached hydrogen (secondary N) is 1. The first kappa shape index (κ1) is 29.0. The van der Waals surface area contributed by atoms with Crippen molar-refractivity contribution < 1.29 is 28.2 Å². The molecule has 9 nitrogen and oxygen atoms in total. The van der Waals surface area contributed by atoms with Gasteiger partial charge in [-0.2, -0.15) is 0 Å². The highest BCUT2D eigenvalue weighted by Gasteiger charge is 2.38. The number of benzene rings is 1. The fourth-order valence-electron chi connectivity index (χ4n) is 5.23. The number of nitrogens with zero attached hydrogens (tertiary/aromatic N) is 2. The summed E-state index contributed by atoms with van der Waals surface area (Å²) in [4.78, 5) is 30.9. The van der Waals surface area contributed by atoms with Gasteiger partial charge in [0, 0.05) is 64.0 Å². The summed E-state index contributed by atoms with van der Waals surface area (Å²) in [5, 5.41) is 3.51. The van der Waals surface area contributed by atoms with E-state index in [4.69, 9.17) is 18.6 Å². The Morgan fingerprint density at radius 2 is 1.82 bits per heavy atom. The summed E-state index contributed by atoms with van der Waals surface area (Å²) in [6, 6.07) is 9.36. The van der Waals surface area contributed by atoms with Crippen molar-refractivity contribution in [2.75, 3.05) is 53.6 Å². The van der Waals surface area contributed by atoms with Gasteiger partial charge in [0.2, 0.25) is 5.91 Å². The molecule has 4 rings (SSSR count). The molecule has 2 aliphatic rings. The molecule has 2 heterocycles. The molecular weight excluding hydrogens is 498 g/mol. The number of methoxy groups -OCH3 is 2. The van der Waals surface area contributed by atoms with Gasteiger partial charge in [0.05, 0.1) is 26.4 Å². The minimum Gasteiger partial charge on any atom is -0.493 e. The van der Waals surface area contributed by atoms with Crippen molar-refractivity contribution in [1.29, 1.82) is 0 Å². The van der Waals surface area contributed by atoms with Crippen LogP contribution in [0.25, 0.3) is 0 Å². The number of ether oxygens (including phenoxy) is 3. The molecule has 1 saturated carbocycles. The Hall–Kier alpha value is -3.04. The lowest BCUT2D eigenvalue weighted by Gasteiger charge is -2.33. The van der Waals surface area contributed by atoms with Gasteiger partial charge < -0.3 is 33.7 Å². The molecular formula is C30H43N3O6. The van der Waals surface area contributed by atoms with Gasteiger partial charge in [0.15, 0.2) is 11.5 Å². The summed E-state index contributed by atoms with van der Waals surface area (Å²) >= 11 is 0. The molecule has 1 saturated heterocycles. The van der Waals surface area contributed by atoms with E-state index < -0.39 is 0 Å². The average Bonchev–Trinajstić information content (AvgIpc) is 3.45. The van der Waals surface area contributed by atoms with Crippen molar-refractivity contribution in [2.24, 2.45) is 11.8 Å². The van der Waals surface area contributed by atoms with E-state index in [9.17, 15) is 9.59 Å². The summed E-state index contributed by atoms with van der Waals surface area (Å²) < 4.78 is 21.9. The Balaban J connectivity index is 1.43. The second kappa shape index (κ2) is 13.8. The third kappa shape index (κ3) is 7.76. The normalized spacial score (nSPS) is 18.8. The molecule has 0 radical (unpaired) electrons. The number of amides is 2. The monoisotopic (exact) mass is 541 g/mol. The molecule has 0 unspecified atom stereocenters. The lowest BCUT2D eigenvalue weighted by atomic mass is 9.93. The van der Waals surface area contributed by atoms with Crippen LogP contribution in [-0.4, -0.2) is 87.3 Å². The lowest BCUT2D eigenvalue weighted by Crippen LogP contribution is -2.45. The molecule has 1 aromatic carbocycles. The first-order valence-electron chi connectivity index (χ1n) is 14.0. The number of hydrogen-bond acceptors (Lipinski definition) is 7. The summed E-state index contributed by atoms with van der Waals surface area (Å²) in [5.41, 5.74) is 0.571. The summed E-state index contributed by atoms with van der Waals surface area (Å²) in [6.07, 6.45) is 4.75. The van der Waals surface area contributed by atoms with Gasteiger partial charge in [0.25, 0.3) is 5.91 Å². The first-order valence-corrected chi connectivity index (χ1v) is 14.0. The molecule has 1 aliphatic heterocycles. The molecule has 1 aromatic heterocycles. The van der Waals surface area contributed by atoms with Gasteiger partial charge in [-0.1, -0.05) is 0 Å². The fraction of sp³-hybridized carbons (Fsp3) is 0.600. The van der Waals surface area contributed by atoms with E-state index in [2.05, 4.69) is 5.32 Å². The van der Waals surface area contributed by atoms with Crippen LogP contribution in [0.2, 0.25) is 0 Å². The highest BCUT2D eigenvalue weighted by atomic mass is 16.5. The van der Waals surface area contributed by atoms with Crippen LogP contribution < -0.4 is 14.8 Å². The van der Waals surface area contributed by atoms with E-state index in [1.807, 2.05) is 35.8 Å². The molecule has 0 bridgehead atoms. The van der Waals surface area contributed by atoms with E-state index in [1.54, 1.807) is 38.7 Å². The molecule has 1 N–H and O–H groups in total. The van der Waals surface area contributed by atoms with Crippen molar-refractivity contribution in [3.63, 3.8) is 0 Å². The molecule has 0 spiro atoms. The number of hydrogen-bond donors (Lipinski definition) is 1. The van der Waals surface area contributed by atoms with Crippen LogP contribution in [0.4, 0.5) is 0 Å². The SMILES string of the molecule is COCCCOc1cc(C(=O)N(C[C@@H]2CNC[C@H]2CN(C(=O)Cc2ccco2)C2CC2)C(C)C)ccc1OC. The van der Waals surface area contributed by atoms with Crippen LogP contribution in [0.15, 0.2) is 41.0 Å². The molecule has 1 aliphatic carbocycles. The second-order valence-electron chi connectivity index (χ2n) is 10.8. The Morgan fingerprint density at radius 3 is 2.46 bits per heavy atom. The number of carbonyl (C=O) groups is 2. The third-order valence-corrected chi connectivity index (χ3v) is 7.60. The highest BCUT2D eigenvalue weighted by molar-refractivity contribution is 5.95. The van der Waals surface area contributed by atoms with Crippen molar-refractivity contribution in [2.45, 2.75) is 51.6 Å². The van der Waals surface area contributed by atoms with Gasteiger partial charge in [-0.15, -0.1) is 0 Å². The smallest absolute Gasteiger partial charge is 0.254 e. The Bertz CT molecular complexity index is 1070.